The summed E-state index contributed by atoms with van der Waals surface area (Å²) >= 11 is 0. The minimum Gasteiger partial charge on any atom is -0.395 e. The number of aliphatic hydroxyl groups excluding tert-OH is 1. The van der Waals surface area contributed by atoms with Crippen LogP contribution in [0.4, 0.5) is 0 Å². The van der Waals surface area contributed by atoms with Gasteiger partial charge in [-0.3, -0.25) is 0 Å². The van der Waals surface area contributed by atoms with Crippen LogP contribution in [0.25, 0.3) is 0 Å². The Morgan fingerprint density at radius 2 is 2.07 bits per heavy atom. The van der Waals surface area contributed by atoms with Crippen molar-refractivity contribution >= 4 is 10.0 Å². The first kappa shape index (κ1) is 12.9. The normalized spacial score (nSPS) is 21.5. The molecule has 0 radical (unpaired) electrons. The van der Waals surface area contributed by atoms with Crippen LogP contribution in [-0.4, -0.2) is 44.6 Å². The molecule has 0 spiro atoms. The zero-order chi connectivity index (χ0) is 11.3. The largest absolute Gasteiger partial charge is 0.395 e. The van der Waals surface area contributed by atoms with Crippen LogP contribution >= 0.6 is 0 Å². The molecule has 0 bridgehead atoms. The van der Waals surface area contributed by atoms with Gasteiger partial charge in [-0.15, -0.1) is 0 Å². The van der Waals surface area contributed by atoms with Gasteiger partial charge in [0.25, 0.3) is 0 Å². The molecule has 0 saturated carbocycles. The molecule has 1 fully saturated rings. The van der Waals surface area contributed by atoms with Gasteiger partial charge < -0.3 is 9.84 Å². The van der Waals surface area contributed by atoms with Gasteiger partial charge in [-0.05, 0) is 19.3 Å². The van der Waals surface area contributed by atoms with Crippen LogP contribution in [0.15, 0.2) is 0 Å². The second kappa shape index (κ2) is 5.79. The smallest absolute Gasteiger partial charge is 0.214 e. The molecule has 0 aromatic rings. The number of aliphatic hydroxyl groups is 1. The highest BCUT2D eigenvalue weighted by Gasteiger charge is 2.29. The van der Waals surface area contributed by atoms with Crippen molar-refractivity contribution in [2.24, 2.45) is 0 Å². The lowest BCUT2D eigenvalue weighted by molar-refractivity contribution is 0.0980. The van der Waals surface area contributed by atoms with Gasteiger partial charge in [0, 0.05) is 19.3 Å². The predicted molar refractivity (Wildman–Crippen MR) is 57.1 cm³/mol. The molecule has 0 aliphatic carbocycles. The highest BCUT2D eigenvalue weighted by atomic mass is 32.2. The molecule has 15 heavy (non-hydrogen) atoms. The summed E-state index contributed by atoms with van der Waals surface area (Å²) in [5.74, 6) is 0. The Morgan fingerprint density at radius 3 is 2.53 bits per heavy atom. The van der Waals surface area contributed by atoms with Crippen molar-refractivity contribution in [2.45, 2.75) is 37.5 Å². The van der Waals surface area contributed by atoms with Crippen LogP contribution in [-0.2, 0) is 14.8 Å². The van der Waals surface area contributed by atoms with E-state index in [9.17, 15) is 8.42 Å². The third-order valence-corrected chi connectivity index (χ3v) is 4.66. The van der Waals surface area contributed by atoms with E-state index < -0.39 is 10.0 Å². The molecule has 90 valence electrons. The number of hydrogen-bond donors (Lipinski definition) is 2. The Hall–Kier alpha value is -0.170. The first-order valence-corrected chi connectivity index (χ1v) is 6.84. The van der Waals surface area contributed by atoms with E-state index >= 15 is 0 Å². The van der Waals surface area contributed by atoms with Gasteiger partial charge in [0.2, 0.25) is 10.0 Å². The summed E-state index contributed by atoms with van der Waals surface area (Å²) < 4.78 is 31.3. The molecular formula is C9H19NO4S. The van der Waals surface area contributed by atoms with Crippen molar-refractivity contribution in [3.8, 4) is 0 Å². The van der Waals surface area contributed by atoms with Crippen LogP contribution in [0.5, 0.6) is 0 Å². The van der Waals surface area contributed by atoms with E-state index in [2.05, 4.69) is 4.72 Å². The maximum atomic E-state index is 11.8. The summed E-state index contributed by atoms with van der Waals surface area (Å²) in [6, 6.07) is -0.363. The summed E-state index contributed by atoms with van der Waals surface area (Å²) in [5, 5.41) is 8.57. The highest BCUT2D eigenvalue weighted by molar-refractivity contribution is 7.90. The molecule has 1 aliphatic rings. The Bertz CT molecular complexity index is 268. The van der Waals surface area contributed by atoms with Crippen LogP contribution in [0, 0.1) is 0 Å². The van der Waals surface area contributed by atoms with Crippen LogP contribution in [0.1, 0.15) is 26.2 Å². The quantitative estimate of drug-likeness (QED) is 0.697. The average molecular weight is 237 g/mol. The topological polar surface area (TPSA) is 75.6 Å². The Labute approximate surface area is 90.9 Å². The number of nitrogens with one attached hydrogen (secondary N) is 1. The predicted octanol–water partition coefficient (Wildman–Crippen LogP) is -0.144. The SMILES string of the molecule is CCC(CO)NS(=O)(=O)C1CCOCC1. The number of rotatable bonds is 5. The molecular weight excluding hydrogens is 218 g/mol. The molecule has 1 rings (SSSR count). The Morgan fingerprint density at radius 1 is 1.47 bits per heavy atom. The van der Waals surface area contributed by atoms with Gasteiger partial charge in [0.15, 0.2) is 0 Å². The van der Waals surface area contributed by atoms with Gasteiger partial charge in [0.05, 0.1) is 11.9 Å². The lowest BCUT2D eigenvalue weighted by atomic mass is 10.2. The molecule has 0 aromatic heterocycles. The van der Waals surface area contributed by atoms with Crippen LogP contribution < -0.4 is 4.72 Å². The van der Waals surface area contributed by atoms with Gasteiger partial charge in [-0.25, -0.2) is 13.1 Å². The molecule has 2 N–H and O–H groups in total. The van der Waals surface area contributed by atoms with Crippen molar-refractivity contribution in [1.82, 2.24) is 4.72 Å². The molecule has 0 amide bonds. The van der Waals surface area contributed by atoms with Crippen molar-refractivity contribution in [2.75, 3.05) is 19.8 Å². The fraction of sp³-hybridized carbons (Fsp3) is 1.00. The monoisotopic (exact) mass is 237 g/mol. The lowest BCUT2D eigenvalue weighted by Crippen LogP contribution is -2.44. The van der Waals surface area contributed by atoms with Crippen molar-refractivity contribution in [1.29, 1.82) is 0 Å². The molecule has 5 nitrogen and oxygen atoms in total. The van der Waals surface area contributed by atoms with Gasteiger partial charge in [-0.2, -0.15) is 0 Å². The molecule has 6 heteroatoms. The molecule has 1 aliphatic heterocycles. The maximum Gasteiger partial charge on any atom is 0.214 e. The summed E-state index contributed by atoms with van der Waals surface area (Å²) in [4.78, 5) is 0. The third-order valence-electron chi connectivity index (χ3n) is 2.65. The van der Waals surface area contributed by atoms with E-state index in [0.29, 0.717) is 32.5 Å². The number of sulfonamides is 1. The molecule has 1 saturated heterocycles. The van der Waals surface area contributed by atoms with Crippen LogP contribution in [0.2, 0.25) is 0 Å². The summed E-state index contributed by atoms with van der Waals surface area (Å²) in [6.07, 6.45) is 1.67. The molecule has 1 atom stereocenters. The molecule has 1 unspecified atom stereocenters. The van der Waals surface area contributed by atoms with E-state index in [-0.39, 0.29) is 17.9 Å². The second-order valence-corrected chi connectivity index (χ2v) is 5.75. The minimum atomic E-state index is -3.30. The fourth-order valence-electron chi connectivity index (χ4n) is 1.56. The molecule has 0 aromatic carbocycles. The third kappa shape index (κ3) is 3.71. The van der Waals surface area contributed by atoms with Crippen LogP contribution in [0.3, 0.4) is 0 Å². The summed E-state index contributed by atoms with van der Waals surface area (Å²) in [6.45, 7) is 2.69. The fourth-order valence-corrected chi connectivity index (χ4v) is 3.28. The molecule has 1 heterocycles. The minimum absolute atomic E-state index is 0.154. The van der Waals surface area contributed by atoms with E-state index in [1.807, 2.05) is 6.92 Å². The van der Waals surface area contributed by atoms with Crippen molar-refractivity contribution < 1.29 is 18.3 Å². The summed E-state index contributed by atoms with van der Waals surface area (Å²) in [7, 11) is -3.30. The highest BCUT2D eigenvalue weighted by Crippen LogP contribution is 2.15. The maximum absolute atomic E-state index is 11.8. The summed E-state index contributed by atoms with van der Waals surface area (Å²) in [5.41, 5.74) is 0. The van der Waals surface area contributed by atoms with Gasteiger partial charge in [-0.1, -0.05) is 6.92 Å². The first-order valence-electron chi connectivity index (χ1n) is 5.30. The van der Waals surface area contributed by atoms with Crippen molar-refractivity contribution in [3.05, 3.63) is 0 Å². The van der Waals surface area contributed by atoms with Gasteiger partial charge in [0.1, 0.15) is 0 Å². The van der Waals surface area contributed by atoms with E-state index in [0.717, 1.165) is 0 Å². The lowest BCUT2D eigenvalue weighted by Gasteiger charge is -2.24. The Balaban J connectivity index is 2.56. The Kier molecular flexibility index (Phi) is 4.98. The number of hydrogen-bond acceptors (Lipinski definition) is 4. The van der Waals surface area contributed by atoms with E-state index in [1.165, 1.54) is 0 Å². The number of ether oxygens (including phenoxy) is 1. The standard InChI is InChI=1S/C9H19NO4S/c1-2-8(7-11)10-15(12,13)9-3-5-14-6-4-9/h8-11H,2-7H2,1H3. The first-order chi connectivity index (χ1) is 7.10. The van der Waals surface area contributed by atoms with E-state index in [1.54, 1.807) is 0 Å². The van der Waals surface area contributed by atoms with E-state index in [4.69, 9.17) is 9.84 Å². The van der Waals surface area contributed by atoms with Gasteiger partial charge >= 0.3 is 0 Å². The van der Waals surface area contributed by atoms with Crippen molar-refractivity contribution in [3.63, 3.8) is 0 Å². The zero-order valence-electron chi connectivity index (χ0n) is 8.98. The second-order valence-electron chi connectivity index (χ2n) is 3.76. The zero-order valence-corrected chi connectivity index (χ0v) is 9.79. The average Bonchev–Trinajstić information content (AvgIpc) is 2.27.